The molecule has 2 heterocycles. The lowest BCUT2D eigenvalue weighted by molar-refractivity contribution is 0.565. The number of rotatable bonds is 2. The highest BCUT2D eigenvalue weighted by atomic mass is 19.1. The molecule has 0 spiro atoms. The molecule has 0 unspecified atom stereocenters. The van der Waals surface area contributed by atoms with E-state index in [1.165, 1.54) is 12.1 Å². The monoisotopic (exact) mass is 319 g/mol. The van der Waals surface area contributed by atoms with Crippen molar-refractivity contribution in [1.29, 1.82) is 0 Å². The first-order valence-electron chi connectivity index (χ1n) is 7.19. The quantitative estimate of drug-likeness (QED) is 0.538. The second kappa shape index (κ2) is 5.64. The van der Waals surface area contributed by atoms with Crippen LogP contribution in [-0.4, -0.2) is 26.6 Å². The Morgan fingerprint density at radius 1 is 1.17 bits per heavy atom. The van der Waals surface area contributed by atoms with E-state index in [9.17, 15) is 9.18 Å². The minimum Gasteiger partial charge on any atom is -0.283 e. The van der Waals surface area contributed by atoms with Gasteiger partial charge in [0.2, 0.25) is 6.08 Å². The first kappa shape index (κ1) is 14.2. The summed E-state index contributed by atoms with van der Waals surface area (Å²) in [5.74, 6) is 0.276. The molecule has 0 fully saturated rings. The zero-order chi connectivity index (χ0) is 16.5. The number of carbonyl (C=O) groups excluding carboxylic acids is 1. The van der Waals surface area contributed by atoms with E-state index in [1.54, 1.807) is 47.3 Å². The highest BCUT2D eigenvalue weighted by Crippen LogP contribution is 2.28. The van der Waals surface area contributed by atoms with Crippen LogP contribution in [0.15, 0.2) is 58.8 Å². The van der Waals surface area contributed by atoms with Gasteiger partial charge >= 0.3 is 0 Å². The smallest absolute Gasteiger partial charge is 0.240 e. The van der Waals surface area contributed by atoms with Crippen LogP contribution >= 0.6 is 0 Å². The predicted molar refractivity (Wildman–Crippen MR) is 84.9 cm³/mol. The minimum absolute atomic E-state index is 0.268. The highest BCUT2D eigenvalue weighted by molar-refractivity contribution is 6.15. The van der Waals surface area contributed by atoms with E-state index in [0.29, 0.717) is 28.4 Å². The van der Waals surface area contributed by atoms with Gasteiger partial charge in [-0.25, -0.2) is 9.18 Å². The number of isocyanates is 1. The van der Waals surface area contributed by atoms with Crippen molar-refractivity contribution >= 4 is 17.5 Å². The normalized spacial score (nSPS) is 12.5. The molecule has 116 valence electrons. The van der Waals surface area contributed by atoms with Gasteiger partial charge in [-0.15, -0.1) is 10.2 Å². The molecule has 0 aliphatic carbocycles. The molecule has 0 saturated carbocycles. The van der Waals surface area contributed by atoms with Gasteiger partial charge in [0.05, 0.1) is 17.1 Å². The van der Waals surface area contributed by atoms with Crippen molar-refractivity contribution in [2.24, 2.45) is 9.98 Å². The van der Waals surface area contributed by atoms with E-state index in [4.69, 9.17) is 0 Å². The van der Waals surface area contributed by atoms with Gasteiger partial charge in [0, 0.05) is 11.1 Å². The number of halogens is 1. The maximum atomic E-state index is 14.3. The summed E-state index contributed by atoms with van der Waals surface area (Å²) < 4.78 is 16.1. The van der Waals surface area contributed by atoms with Crippen molar-refractivity contribution in [3.63, 3.8) is 0 Å². The van der Waals surface area contributed by atoms with Crippen molar-refractivity contribution in [1.82, 2.24) is 14.8 Å². The Labute approximate surface area is 136 Å². The summed E-state index contributed by atoms with van der Waals surface area (Å²) in [4.78, 5) is 18.7. The first-order chi connectivity index (χ1) is 11.8. The third-order valence-corrected chi connectivity index (χ3v) is 3.80. The van der Waals surface area contributed by atoms with E-state index < -0.39 is 0 Å². The number of hydrogen-bond donors (Lipinski definition) is 0. The summed E-state index contributed by atoms with van der Waals surface area (Å²) in [5, 5.41) is 7.95. The molecule has 0 saturated heterocycles. The van der Waals surface area contributed by atoms with E-state index in [1.807, 2.05) is 0 Å². The maximum Gasteiger partial charge on any atom is 0.240 e. The lowest BCUT2D eigenvalue weighted by Gasteiger charge is -2.12. The van der Waals surface area contributed by atoms with E-state index in [0.717, 1.165) is 5.69 Å². The van der Waals surface area contributed by atoms with Gasteiger partial charge < -0.3 is 0 Å². The van der Waals surface area contributed by atoms with Crippen molar-refractivity contribution < 1.29 is 9.18 Å². The molecule has 0 atom stereocenters. The van der Waals surface area contributed by atoms with Crippen LogP contribution < -0.4 is 0 Å². The molecule has 0 bridgehead atoms. The summed E-state index contributed by atoms with van der Waals surface area (Å²) in [6, 6.07) is 11.6. The van der Waals surface area contributed by atoms with Crippen LogP contribution in [0, 0.1) is 5.82 Å². The topological polar surface area (TPSA) is 72.5 Å². The zero-order valence-corrected chi connectivity index (χ0v) is 12.3. The fraction of sp³-hybridized carbons (Fsp3) is 0.0588. The number of fused-ring (bicyclic) bond motifs is 3. The molecule has 1 aliphatic rings. The molecule has 1 aromatic heterocycles. The molecule has 1 aliphatic heterocycles. The summed E-state index contributed by atoms with van der Waals surface area (Å²) in [7, 11) is 0. The van der Waals surface area contributed by atoms with Gasteiger partial charge in [0.15, 0.2) is 5.82 Å². The van der Waals surface area contributed by atoms with Crippen LogP contribution in [-0.2, 0) is 11.3 Å². The molecule has 6 nitrogen and oxygen atoms in total. The highest BCUT2D eigenvalue weighted by Gasteiger charge is 2.21. The molecule has 4 rings (SSSR count). The number of hydrogen-bond acceptors (Lipinski definition) is 5. The first-order valence-corrected chi connectivity index (χ1v) is 7.19. The molecular formula is C17H10FN5O. The van der Waals surface area contributed by atoms with Crippen LogP contribution in [0.3, 0.4) is 0 Å². The average Bonchev–Trinajstić information content (AvgIpc) is 3.00. The van der Waals surface area contributed by atoms with Crippen LogP contribution in [0.25, 0.3) is 5.69 Å². The fourth-order valence-corrected chi connectivity index (χ4v) is 2.73. The molecule has 0 amide bonds. The Morgan fingerprint density at radius 2 is 2.04 bits per heavy atom. The van der Waals surface area contributed by atoms with Crippen molar-refractivity contribution in [2.45, 2.75) is 6.54 Å². The minimum atomic E-state index is -0.371. The Balaban J connectivity index is 2.01. The van der Waals surface area contributed by atoms with E-state index in [2.05, 4.69) is 20.2 Å². The van der Waals surface area contributed by atoms with Gasteiger partial charge in [0.1, 0.15) is 18.7 Å². The predicted octanol–water partition coefficient (Wildman–Crippen LogP) is 2.72. The van der Waals surface area contributed by atoms with Crippen LogP contribution in [0.2, 0.25) is 0 Å². The van der Waals surface area contributed by atoms with Gasteiger partial charge in [0.25, 0.3) is 0 Å². The number of nitrogens with zero attached hydrogens (tertiary/aromatic N) is 5. The molecule has 0 radical (unpaired) electrons. The van der Waals surface area contributed by atoms with Crippen LogP contribution in [0.4, 0.5) is 10.1 Å². The molecule has 3 aromatic rings. The summed E-state index contributed by atoms with van der Waals surface area (Å²) in [6.07, 6.45) is 3.10. The van der Waals surface area contributed by atoms with Gasteiger partial charge in [-0.2, -0.15) is 4.99 Å². The molecule has 0 N–H and O–H groups in total. The fourth-order valence-electron chi connectivity index (χ4n) is 2.73. The standard InChI is InChI=1S/C17H10FN5O/c18-14-4-2-1-3-12(14)17-13-7-11(20-10-24)5-6-15(13)23-9-21-22-16(23)8-19-17/h1-7,9H,8H2. The van der Waals surface area contributed by atoms with E-state index >= 15 is 0 Å². The van der Waals surface area contributed by atoms with Crippen LogP contribution in [0.5, 0.6) is 0 Å². The van der Waals surface area contributed by atoms with Crippen molar-refractivity contribution in [3.8, 4) is 5.69 Å². The van der Waals surface area contributed by atoms with Crippen LogP contribution in [0.1, 0.15) is 17.0 Å². The average molecular weight is 319 g/mol. The zero-order valence-electron chi connectivity index (χ0n) is 12.3. The lowest BCUT2D eigenvalue weighted by Crippen LogP contribution is -2.08. The third-order valence-electron chi connectivity index (χ3n) is 3.80. The van der Waals surface area contributed by atoms with Gasteiger partial charge in [-0.3, -0.25) is 9.56 Å². The Bertz CT molecular complexity index is 1020. The number of aromatic nitrogens is 3. The molecule has 24 heavy (non-hydrogen) atoms. The van der Waals surface area contributed by atoms with Gasteiger partial charge in [-0.1, -0.05) is 12.1 Å². The second-order valence-corrected chi connectivity index (χ2v) is 5.17. The Morgan fingerprint density at radius 3 is 2.88 bits per heavy atom. The molecular weight excluding hydrogens is 309 g/mol. The lowest BCUT2D eigenvalue weighted by atomic mass is 9.99. The molecule has 7 heteroatoms. The van der Waals surface area contributed by atoms with Crippen molar-refractivity contribution in [2.75, 3.05) is 0 Å². The second-order valence-electron chi connectivity index (χ2n) is 5.17. The molecule has 2 aromatic carbocycles. The SMILES string of the molecule is O=C=Nc1ccc2c(c1)C(c1ccccc1F)=NCc1nncn1-2. The number of aliphatic imine (C=N–C) groups is 2. The Kier molecular flexibility index (Phi) is 3.33. The summed E-state index contributed by atoms with van der Waals surface area (Å²) in [6.45, 7) is 0.268. The number of benzene rings is 2. The summed E-state index contributed by atoms with van der Waals surface area (Å²) in [5.41, 5.74) is 2.68. The Hall–Kier alpha value is -3.44. The third kappa shape index (κ3) is 2.24. The van der Waals surface area contributed by atoms with Crippen molar-refractivity contribution in [3.05, 3.63) is 71.6 Å². The largest absolute Gasteiger partial charge is 0.283 e. The maximum absolute atomic E-state index is 14.3. The van der Waals surface area contributed by atoms with Gasteiger partial charge in [-0.05, 0) is 30.3 Å². The van der Waals surface area contributed by atoms with E-state index in [-0.39, 0.29) is 12.4 Å². The summed E-state index contributed by atoms with van der Waals surface area (Å²) >= 11 is 0.